The number of nitrogens with one attached hydrogen (secondary N) is 1. The van der Waals surface area contributed by atoms with Crippen LogP contribution < -0.4 is 5.32 Å². The number of rotatable bonds is 3. The summed E-state index contributed by atoms with van der Waals surface area (Å²) >= 11 is 5.79. The molecule has 1 saturated heterocycles. The highest BCUT2D eigenvalue weighted by molar-refractivity contribution is 6.31. The van der Waals surface area contributed by atoms with Gasteiger partial charge in [-0.3, -0.25) is 4.79 Å². The van der Waals surface area contributed by atoms with Gasteiger partial charge < -0.3 is 10.2 Å². The van der Waals surface area contributed by atoms with Gasteiger partial charge in [-0.05, 0) is 44.4 Å². The molecule has 126 valence electrons. The van der Waals surface area contributed by atoms with E-state index in [0.717, 1.165) is 32.4 Å². The fourth-order valence-electron chi connectivity index (χ4n) is 2.72. The number of amides is 1. The summed E-state index contributed by atoms with van der Waals surface area (Å²) in [7, 11) is 0. The lowest BCUT2D eigenvalue weighted by Gasteiger charge is -2.26. The molecule has 0 unspecified atom stereocenters. The number of anilines is 2. The van der Waals surface area contributed by atoms with E-state index in [0.29, 0.717) is 23.0 Å². The highest BCUT2D eigenvalue weighted by Crippen LogP contribution is 2.22. The fraction of sp³-hybridized carbons (Fsp3) is 0.353. The number of piperidine rings is 1. The van der Waals surface area contributed by atoms with Crippen LogP contribution in [-0.4, -0.2) is 33.9 Å². The van der Waals surface area contributed by atoms with Gasteiger partial charge in [-0.15, -0.1) is 0 Å². The molecule has 5 nitrogen and oxygen atoms in total. The number of halogens is 2. The molecule has 24 heavy (non-hydrogen) atoms. The number of hydrogen-bond acceptors (Lipinski definition) is 4. The standard InChI is InChI=1S/C17H18ClFN4O/c1-11-20-15(17(24)23-7-3-2-4-8-23)10-16(21-11)22-12-5-6-14(19)13(18)9-12/h5-6,9-10H,2-4,7-8H2,1H3,(H,20,21,22). The largest absolute Gasteiger partial charge is 0.340 e. The molecule has 7 heteroatoms. The minimum absolute atomic E-state index is 0.0235. The number of likely N-dealkylation sites (tertiary alicyclic amines) is 1. The zero-order chi connectivity index (χ0) is 17.1. The summed E-state index contributed by atoms with van der Waals surface area (Å²) < 4.78 is 13.2. The summed E-state index contributed by atoms with van der Waals surface area (Å²) in [5.41, 5.74) is 0.955. The molecule has 0 atom stereocenters. The second-order valence-corrected chi connectivity index (χ2v) is 6.20. The molecule has 0 saturated carbocycles. The Morgan fingerprint density at radius 1 is 1.21 bits per heavy atom. The lowest BCUT2D eigenvalue weighted by molar-refractivity contribution is 0.0718. The predicted octanol–water partition coefficient (Wildman–Crippen LogP) is 3.95. The average Bonchev–Trinajstić information content (AvgIpc) is 2.58. The van der Waals surface area contributed by atoms with Crippen LogP contribution in [0.25, 0.3) is 0 Å². The minimum atomic E-state index is -0.484. The average molecular weight is 349 g/mol. The number of aryl methyl sites for hydroxylation is 1. The molecule has 0 bridgehead atoms. The first-order chi connectivity index (χ1) is 11.5. The van der Waals surface area contributed by atoms with Crippen LogP contribution in [0.15, 0.2) is 24.3 Å². The second-order valence-electron chi connectivity index (χ2n) is 5.79. The van der Waals surface area contributed by atoms with E-state index >= 15 is 0 Å². The van der Waals surface area contributed by atoms with Crippen molar-refractivity contribution >= 4 is 29.0 Å². The van der Waals surface area contributed by atoms with Gasteiger partial charge in [0.05, 0.1) is 5.02 Å². The van der Waals surface area contributed by atoms with Crippen molar-refractivity contribution < 1.29 is 9.18 Å². The molecule has 1 aromatic carbocycles. The summed E-state index contributed by atoms with van der Waals surface area (Å²) in [6, 6.07) is 5.92. The monoisotopic (exact) mass is 348 g/mol. The smallest absolute Gasteiger partial charge is 0.272 e. The topological polar surface area (TPSA) is 58.1 Å². The third-order valence-electron chi connectivity index (χ3n) is 3.89. The van der Waals surface area contributed by atoms with E-state index in [-0.39, 0.29) is 10.9 Å². The third-order valence-corrected chi connectivity index (χ3v) is 4.18. The number of carbonyl (C=O) groups excluding carboxylic acids is 1. The van der Waals surface area contributed by atoms with Crippen molar-refractivity contribution in [1.82, 2.24) is 14.9 Å². The molecule has 1 aromatic heterocycles. The van der Waals surface area contributed by atoms with Gasteiger partial charge in [0.15, 0.2) is 0 Å². The van der Waals surface area contributed by atoms with Crippen LogP contribution >= 0.6 is 11.6 Å². The zero-order valence-corrected chi connectivity index (χ0v) is 14.1. The number of nitrogens with zero attached hydrogens (tertiary/aromatic N) is 3. The van der Waals surface area contributed by atoms with E-state index in [9.17, 15) is 9.18 Å². The molecule has 1 aliphatic rings. The molecule has 0 aliphatic carbocycles. The van der Waals surface area contributed by atoms with Gasteiger partial charge in [0.2, 0.25) is 0 Å². The van der Waals surface area contributed by atoms with Crippen LogP contribution in [0, 0.1) is 12.7 Å². The summed E-state index contributed by atoms with van der Waals surface area (Å²) in [4.78, 5) is 22.9. The molecule has 0 radical (unpaired) electrons. The maximum atomic E-state index is 13.2. The van der Waals surface area contributed by atoms with Crippen molar-refractivity contribution in [3.05, 3.63) is 46.6 Å². The summed E-state index contributed by atoms with van der Waals surface area (Å²) in [5.74, 6) is 0.404. The molecule has 1 fully saturated rings. The Labute approximate surface area is 144 Å². The van der Waals surface area contributed by atoms with Crippen molar-refractivity contribution in [3.8, 4) is 0 Å². The van der Waals surface area contributed by atoms with Gasteiger partial charge in [-0.25, -0.2) is 14.4 Å². The molecule has 0 spiro atoms. The molecule has 1 amide bonds. The number of aromatic nitrogens is 2. The van der Waals surface area contributed by atoms with Crippen LogP contribution in [-0.2, 0) is 0 Å². The van der Waals surface area contributed by atoms with Crippen molar-refractivity contribution in [3.63, 3.8) is 0 Å². The number of benzene rings is 1. The lowest BCUT2D eigenvalue weighted by Crippen LogP contribution is -2.36. The Balaban J connectivity index is 1.82. The highest BCUT2D eigenvalue weighted by atomic mass is 35.5. The SMILES string of the molecule is Cc1nc(Nc2ccc(F)c(Cl)c2)cc(C(=O)N2CCCCC2)n1. The summed E-state index contributed by atoms with van der Waals surface area (Å²) in [6.07, 6.45) is 3.20. The third kappa shape index (κ3) is 3.82. The van der Waals surface area contributed by atoms with E-state index in [2.05, 4.69) is 15.3 Å². The minimum Gasteiger partial charge on any atom is -0.340 e. The fourth-order valence-corrected chi connectivity index (χ4v) is 2.90. The quantitative estimate of drug-likeness (QED) is 0.912. The van der Waals surface area contributed by atoms with Crippen LogP contribution in [0.5, 0.6) is 0 Å². The van der Waals surface area contributed by atoms with Crippen LogP contribution in [0.3, 0.4) is 0 Å². The lowest BCUT2D eigenvalue weighted by atomic mass is 10.1. The molecular weight excluding hydrogens is 331 g/mol. The van der Waals surface area contributed by atoms with Crippen molar-refractivity contribution in [2.75, 3.05) is 18.4 Å². The van der Waals surface area contributed by atoms with E-state index in [1.165, 1.54) is 12.1 Å². The number of hydrogen-bond donors (Lipinski definition) is 1. The van der Waals surface area contributed by atoms with Gasteiger partial charge >= 0.3 is 0 Å². The van der Waals surface area contributed by atoms with Crippen LogP contribution in [0.1, 0.15) is 35.6 Å². The van der Waals surface area contributed by atoms with Gasteiger partial charge in [0, 0.05) is 24.8 Å². The van der Waals surface area contributed by atoms with Crippen LogP contribution in [0.4, 0.5) is 15.9 Å². The Morgan fingerprint density at radius 2 is 1.96 bits per heavy atom. The van der Waals surface area contributed by atoms with Gasteiger partial charge in [0.25, 0.3) is 5.91 Å². The van der Waals surface area contributed by atoms with Gasteiger partial charge in [-0.2, -0.15) is 0 Å². The van der Waals surface area contributed by atoms with Crippen LogP contribution in [0.2, 0.25) is 5.02 Å². The first-order valence-electron chi connectivity index (χ1n) is 7.90. The first-order valence-corrected chi connectivity index (χ1v) is 8.28. The molecule has 1 N–H and O–H groups in total. The van der Waals surface area contributed by atoms with E-state index in [1.807, 2.05) is 4.90 Å². The summed E-state index contributed by atoms with van der Waals surface area (Å²) in [5, 5.41) is 3.06. The van der Waals surface area contributed by atoms with E-state index in [1.54, 1.807) is 19.1 Å². The molecular formula is C17H18ClFN4O. The van der Waals surface area contributed by atoms with E-state index < -0.39 is 5.82 Å². The number of carbonyl (C=O) groups is 1. The Bertz CT molecular complexity index is 762. The van der Waals surface area contributed by atoms with Gasteiger partial charge in [-0.1, -0.05) is 11.6 Å². The molecule has 3 rings (SSSR count). The second kappa shape index (κ2) is 7.13. The highest BCUT2D eigenvalue weighted by Gasteiger charge is 2.20. The van der Waals surface area contributed by atoms with Crippen molar-refractivity contribution in [2.45, 2.75) is 26.2 Å². The first kappa shape index (κ1) is 16.6. The molecule has 1 aliphatic heterocycles. The van der Waals surface area contributed by atoms with E-state index in [4.69, 9.17) is 11.6 Å². The van der Waals surface area contributed by atoms with Gasteiger partial charge in [0.1, 0.15) is 23.2 Å². The van der Waals surface area contributed by atoms with Crippen molar-refractivity contribution in [1.29, 1.82) is 0 Å². The molecule has 2 aromatic rings. The maximum absolute atomic E-state index is 13.2. The zero-order valence-electron chi connectivity index (χ0n) is 13.4. The normalized spacial score (nSPS) is 14.5. The predicted molar refractivity (Wildman–Crippen MR) is 91.2 cm³/mol. The molecule has 2 heterocycles. The van der Waals surface area contributed by atoms with Crippen molar-refractivity contribution in [2.24, 2.45) is 0 Å². The maximum Gasteiger partial charge on any atom is 0.272 e. The Morgan fingerprint density at radius 3 is 2.67 bits per heavy atom. The Hall–Kier alpha value is -2.21. The summed E-state index contributed by atoms with van der Waals surface area (Å²) in [6.45, 7) is 3.26. The Kier molecular flexibility index (Phi) is 4.94.